The lowest BCUT2D eigenvalue weighted by Gasteiger charge is -2.08. The standard InChI is InChI=1S/C16H20O3/c1-2-19-16(18)9-7-12-6-8-13-4-3-5-15(17)11-14(13)10-12/h6,8,10H,2-5,7,9,11H2,1H3. The van der Waals surface area contributed by atoms with E-state index in [4.69, 9.17) is 4.74 Å². The van der Waals surface area contributed by atoms with E-state index in [-0.39, 0.29) is 5.97 Å². The average molecular weight is 260 g/mol. The molecule has 102 valence electrons. The van der Waals surface area contributed by atoms with Crippen molar-refractivity contribution < 1.29 is 14.3 Å². The number of carbonyl (C=O) groups excluding carboxylic acids is 2. The molecule has 0 saturated heterocycles. The third-order valence-electron chi connectivity index (χ3n) is 3.48. The number of ether oxygens (including phenoxy) is 1. The van der Waals surface area contributed by atoms with Crippen LogP contribution >= 0.6 is 0 Å². The Morgan fingerprint density at radius 1 is 1.26 bits per heavy atom. The lowest BCUT2D eigenvalue weighted by atomic mass is 9.98. The number of fused-ring (bicyclic) bond motifs is 1. The summed E-state index contributed by atoms with van der Waals surface area (Å²) in [7, 11) is 0. The highest BCUT2D eigenvalue weighted by atomic mass is 16.5. The van der Waals surface area contributed by atoms with E-state index in [0.29, 0.717) is 38.1 Å². The van der Waals surface area contributed by atoms with Gasteiger partial charge < -0.3 is 4.74 Å². The highest BCUT2D eigenvalue weighted by molar-refractivity contribution is 5.81. The normalized spacial score (nSPS) is 14.7. The fourth-order valence-electron chi connectivity index (χ4n) is 2.50. The minimum absolute atomic E-state index is 0.159. The highest BCUT2D eigenvalue weighted by Crippen LogP contribution is 2.21. The predicted octanol–water partition coefficient (Wildman–Crippen LogP) is 2.63. The second-order valence-electron chi connectivity index (χ2n) is 4.98. The molecular weight excluding hydrogens is 240 g/mol. The number of aryl methyl sites for hydroxylation is 2. The topological polar surface area (TPSA) is 43.4 Å². The summed E-state index contributed by atoms with van der Waals surface area (Å²) < 4.78 is 4.92. The Labute approximate surface area is 114 Å². The van der Waals surface area contributed by atoms with Crippen molar-refractivity contribution in [3.05, 3.63) is 34.9 Å². The van der Waals surface area contributed by atoms with Crippen LogP contribution in [-0.2, 0) is 33.6 Å². The average Bonchev–Trinajstić information content (AvgIpc) is 2.56. The van der Waals surface area contributed by atoms with Gasteiger partial charge in [0.2, 0.25) is 0 Å². The largest absolute Gasteiger partial charge is 0.466 e. The van der Waals surface area contributed by atoms with Gasteiger partial charge in [0.1, 0.15) is 5.78 Å². The molecule has 0 fully saturated rings. The summed E-state index contributed by atoms with van der Waals surface area (Å²) in [4.78, 5) is 23.0. The van der Waals surface area contributed by atoms with E-state index in [9.17, 15) is 9.59 Å². The molecule has 0 N–H and O–H groups in total. The molecule has 0 aromatic heterocycles. The van der Waals surface area contributed by atoms with Gasteiger partial charge in [-0.2, -0.15) is 0 Å². The van der Waals surface area contributed by atoms with Crippen LogP contribution in [0.15, 0.2) is 18.2 Å². The van der Waals surface area contributed by atoms with Crippen molar-refractivity contribution in [3.63, 3.8) is 0 Å². The molecule has 1 aromatic carbocycles. The number of benzene rings is 1. The summed E-state index contributed by atoms with van der Waals surface area (Å²) in [6.45, 7) is 2.24. The van der Waals surface area contributed by atoms with Crippen LogP contribution in [-0.4, -0.2) is 18.4 Å². The Balaban J connectivity index is 2.03. The second kappa shape index (κ2) is 6.50. The molecule has 0 amide bonds. The van der Waals surface area contributed by atoms with E-state index in [1.165, 1.54) is 5.56 Å². The van der Waals surface area contributed by atoms with Crippen LogP contribution in [0.4, 0.5) is 0 Å². The number of ketones is 1. The van der Waals surface area contributed by atoms with Gasteiger partial charge in [0.05, 0.1) is 6.61 Å². The van der Waals surface area contributed by atoms with E-state index >= 15 is 0 Å². The van der Waals surface area contributed by atoms with Gasteiger partial charge in [0, 0.05) is 19.3 Å². The fourth-order valence-corrected chi connectivity index (χ4v) is 2.50. The molecule has 0 atom stereocenters. The molecule has 2 rings (SSSR count). The Bertz CT molecular complexity index is 477. The Hall–Kier alpha value is -1.64. The number of Topliss-reactive ketones (excluding diaryl/α,β-unsaturated/α-hetero) is 1. The summed E-state index contributed by atoms with van der Waals surface area (Å²) in [5.74, 6) is 0.162. The highest BCUT2D eigenvalue weighted by Gasteiger charge is 2.14. The summed E-state index contributed by atoms with van der Waals surface area (Å²) in [6, 6.07) is 6.25. The number of esters is 1. The van der Waals surface area contributed by atoms with Gasteiger partial charge >= 0.3 is 5.97 Å². The molecular formula is C16H20O3. The van der Waals surface area contributed by atoms with Gasteiger partial charge in [-0.25, -0.2) is 0 Å². The van der Waals surface area contributed by atoms with Crippen molar-refractivity contribution in [1.82, 2.24) is 0 Å². The monoisotopic (exact) mass is 260 g/mol. The summed E-state index contributed by atoms with van der Waals surface area (Å²) in [5, 5.41) is 0. The molecule has 3 heteroatoms. The zero-order chi connectivity index (χ0) is 13.7. The lowest BCUT2D eigenvalue weighted by molar-refractivity contribution is -0.143. The van der Waals surface area contributed by atoms with Crippen LogP contribution in [0.2, 0.25) is 0 Å². The predicted molar refractivity (Wildman–Crippen MR) is 73.0 cm³/mol. The van der Waals surface area contributed by atoms with E-state index in [2.05, 4.69) is 18.2 Å². The molecule has 1 aliphatic rings. The van der Waals surface area contributed by atoms with Crippen molar-refractivity contribution in [2.45, 2.75) is 45.4 Å². The summed E-state index contributed by atoms with van der Waals surface area (Å²) >= 11 is 0. The molecule has 19 heavy (non-hydrogen) atoms. The lowest BCUT2D eigenvalue weighted by Crippen LogP contribution is -2.06. The minimum atomic E-state index is -0.159. The van der Waals surface area contributed by atoms with Crippen molar-refractivity contribution in [2.75, 3.05) is 6.61 Å². The van der Waals surface area contributed by atoms with Gasteiger partial charge in [0.25, 0.3) is 0 Å². The quantitative estimate of drug-likeness (QED) is 0.617. The van der Waals surface area contributed by atoms with E-state index in [1.54, 1.807) is 0 Å². The zero-order valence-corrected chi connectivity index (χ0v) is 11.4. The van der Waals surface area contributed by atoms with Crippen molar-refractivity contribution >= 4 is 11.8 Å². The van der Waals surface area contributed by atoms with E-state index in [1.807, 2.05) is 6.92 Å². The first-order valence-electron chi connectivity index (χ1n) is 6.97. The van der Waals surface area contributed by atoms with E-state index < -0.39 is 0 Å². The molecule has 0 saturated carbocycles. The third-order valence-corrected chi connectivity index (χ3v) is 3.48. The third kappa shape index (κ3) is 3.91. The Morgan fingerprint density at radius 2 is 2.11 bits per heavy atom. The summed E-state index contributed by atoms with van der Waals surface area (Å²) in [6.07, 6.45) is 4.25. The first-order valence-corrected chi connectivity index (χ1v) is 6.97. The minimum Gasteiger partial charge on any atom is -0.466 e. The van der Waals surface area contributed by atoms with Gasteiger partial charge in [-0.3, -0.25) is 9.59 Å². The van der Waals surface area contributed by atoms with Gasteiger partial charge in [-0.05, 0) is 42.9 Å². The van der Waals surface area contributed by atoms with Crippen LogP contribution in [0.25, 0.3) is 0 Å². The van der Waals surface area contributed by atoms with Crippen LogP contribution in [0.3, 0.4) is 0 Å². The SMILES string of the molecule is CCOC(=O)CCc1ccc2c(c1)CC(=O)CCC2. The molecule has 0 bridgehead atoms. The van der Waals surface area contributed by atoms with Crippen molar-refractivity contribution in [2.24, 2.45) is 0 Å². The second-order valence-corrected chi connectivity index (χ2v) is 4.98. The van der Waals surface area contributed by atoms with Crippen molar-refractivity contribution in [1.29, 1.82) is 0 Å². The maximum absolute atomic E-state index is 11.6. The molecule has 1 aliphatic carbocycles. The molecule has 0 heterocycles. The number of rotatable bonds is 4. The van der Waals surface area contributed by atoms with Crippen LogP contribution in [0.5, 0.6) is 0 Å². The maximum Gasteiger partial charge on any atom is 0.306 e. The smallest absolute Gasteiger partial charge is 0.306 e. The van der Waals surface area contributed by atoms with E-state index in [0.717, 1.165) is 24.0 Å². The zero-order valence-electron chi connectivity index (χ0n) is 11.4. The molecule has 0 aliphatic heterocycles. The maximum atomic E-state index is 11.6. The molecule has 0 unspecified atom stereocenters. The number of hydrogen-bond donors (Lipinski definition) is 0. The fraction of sp³-hybridized carbons (Fsp3) is 0.500. The molecule has 0 radical (unpaired) electrons. The van der Waals surface area contributed by atoms with Gasteiger partial charge in [-0.15, -0.1) is 0 Å². The molecule has 1 aromatic rings. The Kier molecular flexibility index (Phi) is 4.72. The van der Waals surface area contributed by atoms with Gasteiger partial charge in [-0.1, -0.05) is 18.2 Å². The first-order chi connectivity index (χ1) is 9.19. The van der Waals surface area contributed by atoms with Crippen molar-refractivity contribution in [3.8, 4) is 0 Å². The number of hydrogen-bond acceptors (Lipinski definition) is 3. The van der Waals surface area contributed by atoms with Crippen LogP contribution in [0.1, 0.15) is 42.9 Å². The number of carbonyl (C=O) groups is 2. The first kappa shape index (κ1) is 13.8. The molecule has 0 spiro atoms. The Morgan fingerprint density at radius 3 is 2.89 bits per heavy atom. The summed E-state index contributed by atoms with van der Waals surface area (Å²) in [5.41, 5.74) is 3.54. The molecule has 3 nitrogen and oxygen atoms in total. The van der Waals surface area contributed by atoms with Crippen LogP contribution in [0, 0.1) is 0 Å². The van der Waals surface area contributed by atoms with Crippen LogP contribution < -0.4 is 0 Å². The van der Waals surface area contributed by atoms with Gasteiger partial charge in [0.15, 0.2) is 0 Å².